The molecule has 0 aromatic carbocycles. The van der Waals surface area contributed by atoms with Crippen LogP contribution in [-0.4, -0.2) is 47.0 Å². The molecule has 1 atom stereocenters. The van der Waals surface area contributed by atoms with E-state index in [9.17, 15) is 10.1 Å². The van der Waals surface area contributed by atoms with Gasteiger partial charge in [0.05, 0.1) is 17.0 Å². The highest BCUT2D eigenvalue weighted by Crippen LogP contribution is 2.27. The molecule has 0 radical (unpaired) electrons. The fraction of sp³-hybridized carbons (Fsp3) is 0.500. The number of nitriles is 1. The second-order valence-corrected chi connectivity index (χ2v) is 4.45. The van der Waals surface area contributed by atoms with Crippen molar-refractivity contribution >= 4 is 11.4 Å². The van der Waals surface area contributed by atoms with Gasteiger partial charge in [-0.05, 0) is 13.0 Å². The van der Waals surface area contributed by atoms with Gasteiger partial charge in [-0.3, -0.25) is 20.0 Å². The van der Waals surface area contributed by atoms with Crippen LogP contribution >= 0.6 is 0 Å². The number of nitrogens with zero attached hydrogens (tertiary/aromatic N) is 5. The maximum absolute atomic E-state index is 11.0. The average Bonchev–Trinajstić information content (AvgIpc) is 2.46. The predicted octanol–water partition coefficient (Wildman–Crippen LogP) is 1.02. The molecule has 1 fully saturated rings. The van der Waals surface area contributed by atoms with Crippen LogP contribution in [-0.2, 0) is 0 Å². The SMILES string of the molecule is CC(C#N)N1CCN(c2ccncc2[N+](=O)[O-])CC1. The lowest BCUT2D eigenvalue weighted by Crippen LogP contribution is -2.49. The number of pyridine rings is 1. The van der Waals surface area contributed by atoms with Crippen LogP contribution in [0.25, 0.3) is 0 Å². The third-order valence-electron chi connectivity index (χ3n) is 3.36. The van der Waals surface area contributed by atoms with Crippen LogP contribution in [0.1, 0.15) is 6.92 Å². The summed E-state index contributed by atoms with van der Waals surface area (Å²) in [6, 6.07) is 3.76. The van der Waals surface area contributed by atoms with Crippen molar-refractivity contribution in [3.63, 3.8) is 0 Å². The molecule has 1 unspecified atom stereocenters. The molecule has 0 spiro atoms. The Kier molecular flexibility index (Phi) is 3.92. The van der Waals surface area contributed by atoms with Crippen LogP contribution in [0.3, 0.4) is 0 Å². The molecule has 0 saturated carbocycles. The first-order valence-corrected chi connectivity index (χ1v) is 6.10. The van der Waals surface area contributed by atoms with Gasteiger partial charge in [0.25, 0.3) is 0 Å². The first kappa shape index (κ1) is 13.2. The Hall–Kier alpha value is -2.20. The van der Waals surface area contributed by atoms with E-state index in [2.05, 4.69) is 16.0 Å². The Morgan fingerprint density at radius 3 is 2.74 bits per heavy atom. The summed E-state index contributed by atoms with van der Waals surface area (Å²) >= 11 is 0. The van der Waals surface area contributed by atoms with Gasteiger partial charge in [-0.1, -0.05) is 0 Å². The maximum atomic E-state index is 11.0. The molecule has 2 rings (SSSR count). The van der Waals surface area contributed by atoms with Gasteiger partial charge in [0.1, 0.15) is 11.9 Å². The Bertz CT molecular complexity index is 505. The van der Waals surface area contributed by atoms with E-state index in [1.807, 2.05) is 11.8 Å². The standard InChI is InChI=1S/C12H15N5O2/c1-10(8-13)15-4-6-16(7-5-15)11-2-3-14-9-12(11)17(18)19/h2-3,9-10H,4-7H2,1H3. The minimum Gasteiger partial charge on any atom is -0.363 e. The molecule has 1 aromatic heterocycles. The van der Waals surface area contributed by atoms with E-state index in [0.717, 1.165) is 13.1 Å². The van der Waals surface area contributed by atoms with E-state index in [4.69, 9.17) is 5.26 Å². The number of hydrogen-bond acceptors (Lipinski definition) is 6. The first-order chi connectivity index (χ1) is 9.13. The average molecular weight is 261 g/mol. The minimum absolute atomic E-state index is 0.0317. The molecule has 1 aromatic rings. The highest BCUT2D eigenvalue weighted by Gasteiger charge is 2.25. The van der Waals surface area contributed by atoms with E-state index in [0.29, 0.717) is 18.8 Å². The highest BCUT2D eigenvalue weighted by atomic mass is 16.6. The Labute approximate surface area is 111 Å². The molecular weight excluding hydrogens is 246 g/mol. The number of hydrogen-bond donors (Lipinski definition) is 0. The van der Waals surface area contributed by atoms with Crippen LogP contribution in [0, 0.1) is 21.4 Å². The molecule has 1 aliphatic heterocycles. The summed E-state index contributed by atoms with van der Waals surface area (Å²) in [5.74, 6) is 0. The summed E-state index contributed by atoms with van der Waals surface area (Å²) in [7, 11) is 0. The Balaban J connectivity index is 2.10. The molecule has 1 saturated heterocycles. The van der Waals surface area contributed by atoms with E-state index in [-0.39, 0.29) is 11.7 Å². The van der Waals surface area contributed by atoms with Crippen molar-refractivity contribution in [2.45, 2.75) is 13.0 Å². The predicted molar refractivity (Wildman–Crippen MR) is 69.8 cm³/mol. The minimum atomic E-state index is -0.410. The van der Waals surface area contributed by atoms with Crippen molar-refractivity contribution < 1.29 is 4.92 Å². The van der Waals surface area contributed by atoms with Gasteiger partial charge < -0.3 is 4.90 Å². The number of rotatable bonds is 3. The van der Waals surface area contributed by atoms with Crippen LogP contribution in [0.2, 0.25) is 0 Å². The molecule has 100 valence electrons. The van der Waals surface area contributed by atoms with Gasteiger partial charge in [-0.25, -0.2) is 0 Å². The summed E-state index contributed by atoms with van der Waals surface area (Å²) in [4.78, 5) is 18.4. The van der Waals surface area contributed by atoms with Gasteiger partial charge in [-0.15, -0.1) is 0 Å². The van der Waals surface area contributed by atoms with E-state index < -0.39 is 4.92 Å². The van der Waals surface area contributed by atoms with Crippen molar-refractivity contribution in [2.24, 2.45) is 0 Å². The summed E-state index contributed by atoms with van der Waals surface area (Å²) < 4.78 is 0. The van der Waals surface area contributed by atoms with Crippen LogP contribution in [0.15, 0.2) is 18.5 Å². The van der Waals surface area contributed by atoms with E-state index >= 15 is 0 Å². The second-order valence-electron chi connectivity index (χ2n) is 4.45. The van der Waals surface area contributed by atoms with Crippen LogP contribution in [0.5, 0.6) is 0 Å². The van der Waals surface area contributed by atoms with Gasteiger partial charge in [0, 0.05) is 32.4 Å². The zero-order chi connectivity index (χ0) is 13.8. The zero-order valence-electron chi connectivity index (χ0n) is 10.7. The van der Waals surface area contributed by atoms with Crippen molar-refractivity contribution in [3.05, 3.63) is 28.6 Å². The number of nitro groups is 1. The zero-order valence-corrected chi connectivity index (χ0v) is 10.7. The summed E-state index contributed by atoms with van der Waals surface area (Å²) in [5.41, 5.74) is 0.633. The van der Waals surface area contributed by atoms with E-state index in [1.54, 1.807) is 12.3 Å². The fourth-order valence-corrected chi connectivity index (χ4v) is 2.22. The van der Waals surface area contributed by atoms with Gasteiger partial charge in [0.15, 0.2) is 0 Å². The molecular formula is C12H15N5O2. The molecule has 19 heavy (non-hydrogen) atoms. The lowest BCUT2D eigenvalue weighted by Gasteiger charge is -2.36. The maximum Gasteiger partial charge on any atom is 0.310 e. The van der Waals surface area contributed by atoms with Crippen LogP contribution < -0.4 is 4.90 Å². The molecule has 0 bridgehead atoms. The largest absolute Gasteiger partial charge is 0.363 e. The molecule has 0 aliphatic carbocycles. The fourth-order valence-electron chi connectivity index (χ4n) is 2.22. The number of aromatic nitrogens is 1. The second kappa shape index (κ2) is 5.63. The summed E-state index contributed by atoms with van der Waals surface area (Å²) in [5, 5.41) is 19.9. The first-order valence-electron chi connectivity index (χ1n) is 6.10. The van der Waals surface area contributed by atoms with Gasteiger partial charge in [0.2, 0.25) is 0 Å². The summed E-state index contributed by atoms with van der Waals surface area (Å²) in [6.45, 7) is 4.68. The topological polar surface area (TPSA) is 86.3 Å². The van der Waals surface area contributed by atoms with E-state index in [1.165, 1.54) is 6.20 Å². The molecule has 7 heteroatoms. The van der Waals surface area contributed by atoms with Gasteiger partial charge >= 0.3 is 5.69 Å². The smallest absolute Gasteiger partial charge is 0.310 e. The number of anilines is 1. The molecule has 7 nitrogen and oxygen atoms in total. The number of piperazine rings is 1. The molecule has 1 aliphatic rings. The van der Waals surface area contributed by atoms with Crippen molar-refractivity contribution in [1.29, 1.82) is 5.26 Å². The lowest BCUT2D eigenvalue weighted by molar-refractivity contribution is -0.384. The van der Waals surface area contributed by atoms with Gasteiger partial charge in [-0.2, -0.15) is 5.26 Å². The van der Waals surface area contributed by atoms with Crippen molar-refractivity contribution in [1.82, 2.24) is 9.88 Å². The quantitative estimate of drug-likeness (QED) is 0.596. The third kappa shape index (κ3) is 2.80. The monoisotopic (exact) mass is 261 g/mol. The normalized spacial score (nSPS) is 17.8. The summed E-state index contributed by atoms with van der Waals surface area (Å²) in [6.07, 6.45) is 2.84. The molecule has 2 heterocycles. The molecule has 0 amide bonds. The lowest BCUT2D eigenvalue weighted by atomic mass is 10.2. The van der Waals surface area contributed by atoms with Crippen molar-refractivity contribution in [3.8, 4) is 6.07 Å². The highest BCUT2D eigenvalue weighted by molar-refractivity contribution is 5.61. The Morgan fingerprint density at radius 1 is 1.47 bits per heavy atom. The third-order valence-corrected chi connectivity index (χ3v) is 3.36. The Morgan fingerprint density at radius 2 is 2.16 bits per heavy atom. The van der Waals surface area contributed by atoms with Crippen LogP contribution in [0.4, 0.5) is 11.4 Å². The molecule has 0 N–H and O–H groups in total. The van der Waals surface area contributed by atoms with Crippen molar-refractivity contribution in [2.75, 3.05) is 31.1 Å².